The summed E-state index contributed by atoms with van der Waals surface area (Å²) >= 11 is 1.23. The van der Waals surface area contributed by atoms with Gasteiger partial charge in [-0.05, 0) is 37.6 Å². The summed E-state index contributed by atoms with van der Waals surface area (Å²) in [5.74, 6) is -0.349. The minimum absolute atomic E-state index is 0.0781. The van der Waals surface area contributed by atoms with Gasteiger partial charge in [0.1, 0.15) is 4.88 Å². The maximum Gasteiger partial charge on any atom is 0.271 e. The van der Waals surface area contributed by atoms with Crippen molar-refractivity contribution in [1.82, 2.24) is 4.98 Å². The van der Waals surface area contributed by atoms with E-state index in [1.807, 2.05) is 31.2 Å². The third-order valence-corrected chi connectivity index (χ3v) is 4.66. The molecule has 7 nitrogen and oxygen atoms in total. The minimum atomic E-state index is -0.503. The van der Waals surface area contributed by atoms with Crippen LogP contribution in [0.5, 0.6) is 0 Å². The van der Waals surface area contributed by atoms with E-state index in [1.54, 1.807) is 13.0 Å². The summed E-state index contributed by atoms with van der Waals surface area (Å²) in [7, 11) is 0. The summed E-state index contributed by atoms with van der Waals surface area (Å²) in [5.41, 5.74) is 2.89. The number of rotatable bonds is 5. The van der Waals surface area contributed by atoms with Crippen molar-refractivity contribution in [3.05, 3.63) is 74.8 Å². The highest BCUT2D eigenvalue weighted by atomic mass is 32.1. The third kappa shape index (κ3) is 4.04. The zero-order valence-corrected chi connectivity index (χ0v) is 15.0. The number of aromatic nitrogens is 1. The van der Waals surface area contributed by atoms with Crippen LogP contribution in [0.25, 0.3) is 0 Å². The van der Waals surface area contributed by atoms with Crippen LogP contribution in [0.1, 0.15) is 20.9 Å². The van der Waals surface area contributed by atoms with Crippen molar-refractivity contribution in [2.75, 3.05) is 10.6 Å². The van der Waals surface area contributed by atoms with Gasteiger partial charge in [0.2, 0.25) is 0 Å². The Bertz CT molecular complexity index is 984. The highest BCUT2D eigenvalue weighted by Crippen LogP contribution is 2.27. The van der Waals surface area contributed by atoms with E-state index < -0.39 is 4.92 Å². The first-order valence-corrected chi connectivity index (χ1v) is 8.61. The number of carbonyl (C=O) groups excluding carboxylic acids is 1. The number of nitro groups is 1. The lowest BCUT2D eigenvalue weighted by atomic mass is 10.2. The Labute approximate surface area is 153 Å². The Kier molecular flexibility index (Phi) is 4.94. The van der Waals surface area contributed by atoms with Gasteiger partial charge in [0.25, 0.3) is 11.6 Å². The molecule has 0 fully saturated rings. The molecule has 0 bridgehead atoms. The fourth-order valence-electron chi connectivity index (χ4n) is 2.39. The fraction of sp³-hybridized carbons (Fsp3) is 0.111. The van der Waals surface area contributed by atoms with E-state index in [0.29, 0.717) is 21.4 Å². The molecule has 3 aromatic rings. The van der Waals surface area contributed by atoms with E-state index in [9.17, 15) is 14.9 Å². The number of non-ortho nitro benzene ring substituents is 1. The molecule has 0 atom stereocenters. The zero-order valence-electron chi connectivity index (χ0n) is 14.1. The second-order valence-electron chi connectivity index (χ2n) is 5.69. The minimum Gasteiger partial charge on any atom is -0.332 e. The zero-order chi connectivity index (χ0) is 18.7. The van der Waals surface area contributed by atoms with Gasteiger partial charge in [-0.15, -0.1) is 0 Å². The summed E-state index contributed by atoms with van der Waals surface area (Å²) in [6.07, 6.45) is 0. The van der Waals surface area contributed by atoms with Crippen molar-refractivity contribution < 1.29 is 9.72 Å². The van der Waals surface area contributed by atoms with Crippen LogP contribution in [-0.4, -0.2) is 15.8 Å². The van der Waals surface area contributed by atoms with E-state index in [0.717, 1.165) is 11.3 Å². The molecule has 0 spiro atoms. The highest BCUT2D eigenvalue weighted by Gasteiger charge is 2.16. The average Bonchev–Trinajstić information content (AvgIpc) is 2.95. The first-order chi connectivity index (χ1) is 12.4. The predicted molar refractivity (Wildman–Crippen MR) is 102 cm³/mol. The van der Waals surface area contributed by atoms with Crippen LogP contribution in [0.2, 0.25) is 0 Å². The number of amides is 1. The van der Waals surface area contributed by atoms with E-state index in [2.05, 4.69) is 15.6 Å². The van der Waals surface area contributed by atoms with Gasteiger partial charge in [0.05, 0.1) is 10.6 Å². The lowest BCUT2D eigenvalue weighted by Gasteiger charge is -2.04. The first-order valence-electron chi connectivity index (χ1n) is 7.79. The van der Waals surface area contributed by atoms with Gasteiger partial charge in [-0.2, -0.15) is 0 Å². The summed E-state index contributed by atoms with van der Waals surface area (Å²) in [5, 5.41) is 17.3. The predicted octanol–water partition coefficient (Wildman–Crippen LogP) is 4.66. The lowest BCUT2D eigenvalue weighted by molar-refractivity contribution is -0.384. The summed E-state index contributed by atoms with van der Waals surface area (Å²) in [4.78, 5) is 27.7. The third-order valence-electron chi connectivity index (χ3n) is 3.59. The molecule has 0 saturated carbocycles. The number of nitro benzene ring substituents is 1. The van der Waals surface area contributed by atoms with Crippen LogP contribution in [0, 0.1) is 24.0 Å². The molecule has 0 aliphatic carbocycles. The molecule has 1 aromatic heterocycles. The Morgan fingerprint density at radius 1 is 1.12 bits per heavy atom. The van der Waals surface area contributed by atoms with Crippen molar-refractivity contribution in [3.63, 3.8) is 0 Å². The molecule has 2 aromatic carbocycles. The molecule has 1 heterocycles. The van der Waals surface area contributed by atoms with E-state index >= 15 is 0 Å². The Balaban J connectivity index is 1.77. The molecule has 3 rings (SSSR count). The van der Waals surface area contributed by atoms with E-state index in [1.165, 1.54) is 29.5 Å². The van der Waals surface area contributed by atoms with Crippen molar-refractivity contribution in [2.24, 2.45) is 0 Å². The maximum atomic E-state index is 12.5. The number of aryl methyl sites for hydroxylation is 2. The number of hydrogen-bond acceptors (Lipinski definition) is 6. The molecule has 0 saturated heterocycles. The standard InChI is InChI=1S/C18H16N4O3S/c1-11-5-3-6-13(9-11)21-18-19-12(2)16(26-18)17(23)20-14-7-4-8-15(10-14)22(24)25/h3-10H,1-2H3,(H,19,21)(H,20,23). The SMILES string of the molecule is Cc1cccc(Nc2nc(C)c(C(=O)Nc3cccc([N+](=O)[O-])c3)s2)c1. The first kappa shape index (κ1) is 17.6. The largest absolute Gasteiger partial charge is 0.332 e. The van der Waals surface area contributed by atoms with Crippen molar-refractivity contribution in [1.29, 1.82) is 0 Å². The summed E-state index contributed by atoms with van der Waals surface area (Å²) < 4.78 is 0. The molecular formula is C18H16N4O3S. The van der Waals surface area contributed by atoms with Gasteiger partial charge < -0.3 is 10.6 Å². The number of hydrogen-bond donors (Lipinski definition) is 2. The van der Waals surface area contributed by atoms with Crippen LogP contribution < -0.4 is 10.6 Å². The summed E-state index contributed by atoms with van der Waals surface area (Å²) in [6, 6.07) is 13.7. The number of nitrogens with zero attached hydrogens (tertiary/aromatic N) is 2. The highest BCUT2D eigenvalue weighted by molar-refractivity contribution is 7.17. The number of benzene rings is 2. The van der Waals surface area contributed by atoms with Crippen LogP contribution in [-0.2, 0) is 0 Å². The van der Waals surface area contributed by atoms with Crippen molar-refractivity contribution in [3.8, 4) is 0 Å². The molecular weight excluding hydrogens is 352 g/mol. The molecule has 0 unspecified atom stereocenters. The van der Waals surface area contributed by atoms with E-state index in [4.69, 9.17) is 0 Å². The number of thiazole rings is 1. The lowest BCUT2D eigenvalue weighted by Crippen LogP contribution is -2.11. The molecule has 0 aliphatic heterocycles. The number of nitrogens with one attached hydrogen (secondary N) is 2. The van der Waals surface area contributed by atoms with Crippen LogP contribution in [0.4, 0.5) is 22.2 Å². The van der Waals surface area contributed by atoms with E-state index in [-0.39, 0.29) is 11.6 Å². The Hall–Kier alpha value is -3.26. The smallest absolute Gasteiger partial charge is 0.271 e. The number of carbonyl (C=O) groups is 1. The van der Waals surface area contributed by atoms with Crippen molar-refractivity contribution in [2.45, 2.75) is 13.8 Å². The van der Waals surface area contributed by atoms with Crippen LogP contribution in [0.15, 0.2) is 48.5 Å². The Morgan fingerprint density at radius 3 is 2.58 bits per heavy atom. The molecule has 26 heavy (non-hydrogen) atoms. The van der Waals surface area contributed by atoms with Crippen molar-refractivity contribution >= 4 is 39.4 Å². The topological polar surface area (TPSA) is 97.2 Å². The molecule has 132 valence electrons. The van der Waals surface area contributed by atoms with Gasteiger partial charge in [-0.25, -0.2) is 4.98 Å². The van der Waals surface area contributed by atoms with Gasteiger partial charge in [0.15, 0.2) is 5.13 Å². The molecule has 0 aliphatic rings. The van der Waals surface area contributed by atoms with Crippen LogP contribution in [0.3, 0.4) is 0 Å². The van der Waals surface area contributed by atoms with Gasteiger partial charge in [-0.3, -0.25) is 14.9 Å². The second-order valence-corrected chi connectivity index (χ2v) is 6.69. The molecule has 1 amide bonds. The van der Waals surface area contributed by atoms with Crippen LogP contribution >= 0.6 is 11.3 Å². The van der Waals surface area contributed by atoms with Gasteiger partial charge >= 0.3 is 0 Å². The Morgan fingerprint density at radius 2 is 1.85 bits per heavy atom. The molecule has 0 radical (unpaired) electrons. The monoisotopic (exact) mass is 368 g/mol. The molecule has 2 N–H and O–H groups in total. The quantitative estimate of drug-likeness (QED) is 0.504. The summed E-state index contributed by atoms with van der Waals surface area (Å²) in [6.45, 7) is 3.75. The van der Waals surface area contributed by atoms with Gasteiger partial charge in [0, 0.05) is 23.5 Å². The maximum absolute atomic E-state index is 12.5. The van der Waals surface area contributed by atoms with Gasteiger partial charge in [-0.1, -0.05) is 29.5 Å². The second kappa shape index (κ2) is 7.32. The molecule has 8 heteroatoms. The normalized spacial score (nSPS) is 10.4. The number of anilines is 3. The average molecular weight is 368 g/mol. The fourth-order valence-corrected chi connectivity index (χ4v) is 3.27.